The molecule has 0 spiro atoms. The molecule has 1 aromatic rings. The Labute approximate surface area is 123 Å². The van der Waals surface area contributed by atoms with Crippen molar-refractivity contribution in [1.29, 1.82) is 0 Å². The summed E-state index contributed by atoms with van der Waals surface area (Å²) in [6.07, 6.45) is 7.37. The summed E-state index contributed by atoms with van der Waals surface area (Å²) in [5.41, 5.74) is 0.846. The van der Waals surface area contributed by atoms with Crippen molar-refractivity contribution in [3.05, 3.63) is 35.9 Å². The van der Waals surface area contributed by atoms with Crippen LogP contribution in [0.4, 0.5) is 0 Å². The first-order valence-electron chi connectivity index (χ1n) is 7.90. The maximum Gasteiger partial charge on any atom is 0.135 e. The van der Waals surface area contributed by atoms with Gasteiger partial charge in [-0.2, -0.15) is 0 Å². The number of Topliss-reactive ketones (excluding diaryl/α,β-unsaturated/α-hetero) is 1. The van der Waals surface area contributed by atoms with Crippen LogP contribution in [-0.4, -0.2) is 10.9 Å². The molecule has 0 heterocycles. The average Bonchev–Trinajstić information content (AvgIpc) is 2.46. The maximum atomic E-state index is 11.8. The predicted molar refractivity (Wildman–Crippen MR) is 83.6 cm³/mol. The van der Waals surface area contributed by atoms with Gasteiger partial charge in [0.15, 0.2) is 0 Å². The van der Waals surface area contributed by atoms with Crippen LogP contribution in [0, 0.1) is 5.92 Å². The molecule has 0 aliphatic rings. The van der Waals surface area contributed by atoms with Crippen LogP contribution >= 0.6 is 0 Å². The molecule has 0 aliphatic carbocycles. The molecule has 1 N–H and O–H groups in total. The summed E-state index contributed by atoms with van der Waals surface area (Å²) < 4.78 is 0. The highest BCUT2D eigenvalue weighted by molar-refractivity contribution is 5.79. The Hall–Kier alpha value is -1.15. The summed E-state index contributed by atoms with van der Waals surface area (Å²) in [5.74, 6) is -0.168. The van der Waals surface area contributed by atoms with E-state index in [2.05, 4.69) is 6.92 Å². The molecule has 0 fully saturated rings. The molecule has 2 heteroatoms. The van der Waals surface area contributed by atoms with Gasteiger partial charge in [-0.05, 0) is 18.9 Å². The van der Waals surface area contributed by atoms with Gasteiger partial charge >= 0.3 is 0 Å². The number of carbonyl (C=O) groups excluding carboxylic acids is 1. The Kier molecular flexibility index (Phi) is 8.20. The molecule has 0 aliphatic heterocycles. The van der Waals surface area contributed by atoms with Crippen molar-refractivity contribution in [2.45, 2.75) is 64.9 Å². The van der Waals surface area contributed by atoms with Crippen LogP contribution in [0.5, 0.6) is 0 Å². The van der Waals surface area contributed by atoms with E-state index in [0.29, 0.717) is 0 Å². The minimum absolute atomic E-state index is 0.0925. The van der Waals surface area contributed by atoms with E-state index in [-0.39, 0.29) is 11.7 Å². The predicted octanol–water partition coefficient (Wildman–Crippen LogP) is 4.68. The topological polar surface area (TPSA) is 37.3 Å². The Morgan fingerprint density at radius 2 is 1.65 bits per heavy atom. The van der Waals surface area contributed by atoms with Gasteiger partial charge in [0.1, 0.15) is 5.78 Å². The van der Waals surface area contributed by atoms with Gasteiger partial charge in [-0.25, -0.2) is 0 Å². The molecular formula is C18H28O2. The number of benzene rings is 1. The largest absolute Gasteiger partial charge is 0.388 e. The van der Waals surface area contributed by atoms with Gasteiger partial charge in [-0.3, -0.25) is 4.79 Å². The lowest BCUT2D eigenvalue weighted by Gasteiger charge is -2.20. The third-order valence-corrected chi connectivity index (χ3v) is 3.91. The fourth-order valence-corrected chi connectivity index (χ4v) is 2.61. The molecule has 0 saturated carbocycles. The number of rotatable bonds is 10. The quantitative estimate of drug-likeness (QED) is 0.630. The first kappa shape index (κ1) is 16.9. The normalized spacial score (nSPS) is 13.9. The second kappa shape index (κ2) is 9.71. The van der Waals surface area contributed by atoms with Crippen LogP contribution in [0.25, 0.3) is 0 Å². The summed E-state index contributed by atoms with van der Waals surface area (Å²) in [6.45, 7) is 3.80. The van der Waals surface area contributed by atoms with E-state index in [1.165, 1.54) is 25.7 Å². The lowest BCUT2D eigenvalue weighted by molar-refractivity contribution is -0.124. The van der Waals surface area contributed by atoms with Crippen LogP contribution in [0.3, 0.4) is 0 Å². The number of unbranched alkanes of at least 4 members (excludes halogenated alkanes) is 5. The van der Waals surface area contributed by atoms with Gasteiger partial charge < -0.3 is 5.11 Å². The second-order valence-electron chi connectivity index (χ2n) is 5.63. The van der Waals surface area contributed by atoms with Gasteiger partial charge in [0.2, 0.25) is 0 Å². The van der Waals surface area contributed by atoms with E-state index < -0.39 is 6.10 Å². The molecule has 1 rings (SSSR count). The van der Waals surface area contributed by atoms with Crippen LogP contribution in [0.1, 0.15) is 70.5 Å². The Balaban J connectivity index is 2.42. The van der Waals surface area contributed by atoms with E-state index >= 15 is 0 Å². The van der Waals surface area contributed by atoms with Gasteiger partial charge in [-0.1, -0.05) is 75.8 Å². The Bertz CT molecular complexity index is 372. The first-order chi connectivity index (χ1) is 9.66. The lowest BCUT2D eigenvalue weighted by Crippen LogP contribution is -2.20. The number of aliphatic hydroxyl groups is 1. The molecule has 0 bridgehead atoms. The van der Waals surface area contributed by atoms with Crippen molar-refractivity contribution in [3.8, 4) is 0 Å². The fraction of sp³-hybridized carbons (Fsp3) is 0.611. The molecular weight excluding hydrogens is 248 g/mol. The summed E-state index contributed by atoms with van der Waals surface area (Å²) >= 11 is 0. The Morgan fingerprint density at radius 1 is 1.05 bits per heavy atom. The molecule has 20 heavy (non-hydrogen) atoms. The molecule has 0 saturated heterocycles. The zero-order chi connectivity index (χ0) is 14.8. The SMILES string of the molecule is CCCCCCCC[C@H](C(C)=O)[C@H](O)c1ccccc1. The summed E-state index contributed by atoms with van der Waals surface area (Å²) in [6, 6.07) is 9.51. The fourth-order valence-electron chi connectivity index (χ4n) is 2.61. The molecule has 0 unspecified atom stereocenters. The standard InChI is InChI=1S/C18H28O2/c1-3-4-5-6-7-11-14-17(15(2)19)18(20)16-12-9-8-10-13-16/h8-10,12-13,17-18,20H,3-7,11,14H2,1-2H3/t17-,18-/m1/s1. The third-order valence-electron chi connectivity index (χ3n) is 3.91. The van der Waals surface area contributed by atoms with Crippen molar-refractivity contribution in [2.75, 3.05) is 0 Å². The van der Waals surface area contributed by atoms with E-state index in [9.17, 15) is 9.90 Å². The molecule has 0 radical (unpaired) electrons. The van der Waals surface area contributed by atoms with Gasteiger partial charge in [-0.15, -0.1) is 0 Å². The smallest absolute Gasteiger partial charge is 0.135 e. The zero-order valence-electron chi connectivity index (χ0n) is 12.8. The molecule has 2 nitrogen and oxygen atoms in total. The monoisotopic (exact) mass is 276 g/mol. The summed E-state index contributed by atoms with van der Waals surface area (Å²) in [7, 11) is 0. The minimum atomic E-state index is -0.663. The summed E-state index contributed by atoms with van der Waals surface area (Å²) in [4.78, 5) is 11.8. The Morgan fingerprint density at radius 3 is 2.25 bits per heavy atom. The van der Waals surface area contributed by atoms with Crippen molar-refractivity contribution in [3.63, 3.8) is 0 Å². The minimum Gasteiger partial charge on any atom is -0.388 e. The number of aliphatic hydroxyl groups excluding tert-OH is 1. The van der Waals surface area contributed by atoms with Crippen LogP contribution in [0.2, 0.25) is 0 Å². The van der Waals surface area contributed by atoms with E-state index in [0.717, 1.165) is 24.8 Å². The van der Waals surface area contributed by atoms with E-state index in [4.69, 9.17) is 0 Å². The lowest BCUT2D eigenvalue weighted by atomic mass is 9.88. The van der Waals surface area contributed by atoms with Crippen molar-refractivity contribution < 1.29 is 9.90 Å². The van der Waals surface area contributed by atoms with Gasteiger partial charge in [0.25, 0.3) is 0 Å². The molecule has 1 aromatic carbocycles. The van der Waals surface area contributed by atoms with Crippen LogP contribution < -0.4 is 0 Å². The number of hydrogen-bond acceptors (Lipinski definition) is 2. The first-order valence-corrected chi connectivity index (χ1v) is 7.90. The molecule has 0 amide bonds. The van der Waals surface area contributed by atoms with Gasteiger partial charge in [0.05, 0.1) is 6.10 Å². The third kappa shape index (κ3) is 5.87. The number of carbonyl (C=O) groups is 1. The highest BCUT2D eigenvalue weighted by Crippen LogP contribution is 2.27. The maximum absolute atomic E-state index is 11.8. The molecule has 2 atom stereocenters. The van der Waals surface area contributed by atoms with Crippen LogP contribution in [0.15, 0.2) is 30.3 Å². The number of ketones is 1. The van der Waals surface area contributed by atoms with E-state index in [1.807, 2.05) is 30.3 Å². The second-order valence-corrected chi connectivity index (χ2v) is 5.63. The van der Waals surface area contributed by atoms with Crippen LogP contribution in [-0.2, 0) is 4.79 Å². The highest BCUT2D eigenvalue weighted by atomic mass is 16.3. The van der Waals surface area contributed by atoms with E-state index in [1.54, 1.807) is 6.92 Å². The number of hydrogen-bond donors (Lipinski definition) is 1. The highest BCUT2D eigenvalue weighted by Gasteiger charge is 2.24. The van der Waals surface area contributed by atoms with Crippen molar-refractivity contribution >= 4 is 5.78 Å². The molecule has 0 aromatic heterocycles. The zero-order valence-corrected chi connectivity index (χ0v) is 12.8. The van der Waals surface area contributed by atoms with Crippen molar-refractivity contribution in [2.24, 2.45) is 5.92 Å². The summed E-state index contributed by atoms with van der Waals surface area (Å²) in [5, 5.41) is 10.4. The van der Waals surface area contributed by atoms with Crippen molar-refractivity contribution in [1.82, 2.24) is 0 Å². The van der Waals surface area contributed by atoms with Gasteiger partial charge in [0, 0.05) is 5.92 Å². The molecule has 112 valence electrons. The average molecular weight is 276 g/mol.